The molecular weight excluding hydrogens is 490 g/mol. The molecule has 0 aliphatic carbocycles. The number of rotatable bonds is 4. The zero-order chi connectivity index (χ0) is 24.8. The Morgan fingerprint density at radius 2 is 1.78 bits per heavy atom. The normalized spacial score (nSPS) is 16.5. The largest absolute Gasteiger partial charge is 0.342 e. The van der Waals surface area contributed by atoms with Crippen molar-refractivity contribution in [3.63, 3.8) is 0 Å². The molecule has 1 aromatic heterocycles. The van der Waals surface area contributed by atoms with Gasteiger partial charge in [0.1, 0.15) is 5.04 Å². The number of carbonyl (C=O) groups is 1. The lowest BCUT2D eigenvalue weighted by molar-refractivity contribution is -0.114. The third-order valence-electron chi connectivity index (χ3n) is 6.14. The van der Waals surface area contributed by atoms with Gasteiger partial charge in [0.25, 0.3) is 5.91 Å². The van der Waals surface area contributed by atoms with Crippen LogP contribution < -0.4 is 0 Å². The number of hydrogen-bond acceptors (Lipinski definition) is 4. The minimum Gasteiger partial charge on any atom is -0.342 e. The number of para-hydroxylation sites is 1. The summed E-state index contributed by atoms with van der Waals surface area (Å²) in [5.41, 5.74) is 5.29. The van der Waals surface area contributed by atoms with Crippen molar-refractivity contribution in [3.05, 3.63) is 112 Å². The maximum Gasteiger partial charge on any atom is 0.283 e. The first-order valence-electron chi connectivity index (χ1n) is 11.4. The van der Waals surface area contributed by atoms with Crippen LogP contribution in [0.1, 0.15) is 22.3 Å². The molecule has 3 aromatic carbocycles. The lowest BCUT2D eigenvalue weighted by Gasteiger charge is -2.20. The van der Waals surface area contributed by atoms with E-state index in [1.807, 2.05) is 85.9 Å². The predicted octanol–water partition coefficient (Wildman–Crippen LogP) is 6.32. The molecule has 176 valence electrons. The molecular formula is C28H20ClN5OS. The highest BCUT2D eigenvalue weighted by Crippen LogP contribution is 2.32. The van der Waals surface area contributed by atoms with Gasteiger partial charge in [0.2, 0.25) is 5.17 Å². The number of halogens is 1. The smallest absolute Gasteiger partial charge is 0.283 e. The Kier molecular flexibility index (Phi) is 5.59. The second-order valence-electron chi connectivity index (χ2n) is 8.65. The quantitative estimate of drug-likeness (QED) is 0.327. The third-order valence-corrected chi connectivity index (χ3v) is 7.35. The maximum atomic E-state index is 13.0. The molecule has 3 heterocycles. The molecule has 0 radical (unpaired) electrons. The molecule has 2 aliphatic rings. The number of nitrogens with one attached hydrogen (secondary N) is 1. The number of aliphatic imine (C=N–C) groups is 1. The fraction of sp³-hybridized carbons (Fsp3) is 0.0714. The fourth-order valence-electron chi connectivity index (χ4n) is 4.27. The zero-order valence-corrected chi connectivity index (χ0v) is 20.8. The second-order valence-corrected chi connectivity index (χ2v) is 10.0. The molecule has 6 nitrogen and oxygen atoms in total. The van der Waals surface area contributed by atoms with Crippen LogP contribution in [0.5, 0.6) is 0 Å². The molecule has 1 amide bonds. The van der Waals surface area contributed by atoms with Gasteiger partial charge in [0.05, 0.1) is 5.57 Å². The molecule has 0 spiro atoms. The summed E-state index contributed by atoms with van der Waals surface area (Å²) in [6.45, 7) is 2.68. The molecule has 0 saturated carbocycles. The monoisotopic (exact) mass is 509 g/mol. The number of aromatic nitrogens is 1. The summed E-state index contributed by atoms with van der Waals surface area (Å²) in [6.07, 6.45) is 3.75. The summed E-state index contributed by atoms with van der Waals surface area (Å²) in [5.74, 6) is -0.414. The number of amidine groups is 2. The minimum atomic E-state index is -0.436. The predicted molar refractivity (Wildman–Crippen MR) is 148 cm³/mol. The Morgan fingerprint density at radius 1 is 1.03 bits per heavy atom. The van der Waals surface area contributed by atoms with Crippen LogP contribution in [0.2, 0.25) is 5.02 Å². The highest BCUT2D eigenvalue weighted by atomic mass is 35.5. The van der Waals surface area contributed by atoms with Gasteiger partial charge in [-0.25, -0.2) is 0 Å². The zero-order valence-electron chi connectivity index (χ0n) is 19.3. The lowest BCUT2D eigenvalue weighted by atomic mass is 10.1. The minimum absolute atomic E-state index is 0.0224. The number of benzene rings is 3. The first-order chi connectivity index (χ1) is 17.5. The number of thioether (sulfide) groups is 1. The van der Waals surface area contributed by atoms with Gasteiger partial charge in [-0.2, -0.15) is 15.1 Å². The number of fused-ring (bicyclic) bond motifs is 2. The van der Waals surface area contributed by atoms with Crippen LogP contribution in [0.25, 0.3) is 17.0 Å². The number of amides is 1. The van der Waals surface area contributed by atoms with Crippen LogP contribution in [0.15, 0.2) is 94.7 Å². The third kappa shape index (κ3) is 4.06. The van der Waals surface area contributed by atoms with E-state index in [2.05, 4.69) is 14.7 Å². The van der Waals surface area contributed by atoms with Crippen molar-refractivity contribution < 1.29 is 4.79 Å². The maximum absolute atomic E-state index is 13.0. The summed E-state index contributed by atoms with van der Waals surface area (Å²) >= 11 is 7.35. The Balaban J connectivity index is 1.36. The van der Waals surface area contributed by atoms with Gasteiger partial charge in [-0.15, -0.1) is 0 Å². The summed E-state index contributed by atoms with van der Waals surface area (Å²) in [5, 5.41) is 17.6. The number of carbonyl (C=O) groups excluding carboxylic acids is 1. The summed E-state index contributed by atoms with van der Waals surface area (Å²) < 4.78 is 2.13. The van der Waals surface area contributed by atoms with Crippen molar-refractivity contribution in [3.8, 4) is 0 Å². The Labute approximate surface area is 217 Å². The highest BCUT2D eigenvalue weighted by Gasteiger charge is 2.36. The van der Waals surface area contributed by atoms with Gasteiger partial charge >= 0.3 is 0 Å². The number of hydrogen-bond donors (Lipinski definition) is 1. The summed E-state index contributed by atoms with van der Waals surface area (Å²) in [6, 6.07) is 23.8. The van der Waals surface area contributed by atoms with E-state index in [9.17, 15) is 4.79 Å². The second kappa shape index (κ2) is 8.93. The van der Waals surface area contributed by atoms with Gasteiger partial charge < -0.3 is 4.57 Å². The van der Waals surface area contributed by atoms with Crippen molar-refractivity contribution in [2.75, 3.05) is 0 Å². The van der Waals surface area contributed by atoms with Crippen LogP contribution in [0.3, 0.4) is 0 Å². The average Bonchev–Trinajstić information content (AvgIpc) is 3.45. The number of nitrogens with zero attached hydrogens (tertiary/aromatic N) is 4. The van der Waals surface area contributed by atoms with Crippen molar-refractivity contribution in [1.82, 2.24) is 9.58 Å². The summed E-state index contributed by atoms with van der Waals surface area (Å²) in [7, 11) is 0. The van der Waals surface area contributed by atoms with E-state index in [1.54, 1.807) is 6.08 Å². The molecule has 0 unspecified atom stereocenters. The molecule has 2 aliphatic heterocycles. The van der Waals surface area contributed by atoms with E-state index in [0.29, 0.717) is 21.8 Å². The van der Waals surface area contributed by atoms with E-state index in [4.69, 9.17) is 17.0 Å². The Bertz CT molecular complexity index is 1630. The topological polar surface area (TPSA) is 73.8 Å². The molecule has 6 rings (SSSR count). The standard InChI is InChI=1S/C28H20ClN5OS/c1-17-6-10-19(11-7-17)27-32-34-25(30)23(26(35)31-28(34)36-27)14-20-16-33(24-5-3-2-4-22(20)24)15-18-8-12-21(29)13-9-18/h2-14,16,30H,15H2,1H3/b23-14-,30-25?. The van der Waals surface area contributed by atoms with Gasteiger partial charge in [-0.05, 0) is 48.5 Å². The number of hydrazone groups is 1. The van der Waals surface area contributed by atoms with E-state index in [-0.39, 0.29) is 11.4 Å². The molecule has 36 heavy (non-hydrogen) atoms. The molecule has 4 aromatic rings. The van der Waals surface area contributed by atoms with Gasteiger partial charge in [-0.3, -0.25) is 10.2 Å². The van der Waals surface area contributed by atoms with Crippen molar-refractivity contribution >= 4 is 62.3 Å². The molecule has 0 fully saturated rings. The SMILES string of the molecule is Cc1ccc(C2=NN3C(=N)/C(=C/c4cn(Cc5ccc(Cl)cc5)c5ccccc45)C(=O)N=C3S2)cc1. The van der Waals surface area contributed by atoms with Gasteiger partial charge in [-0.1, -0.05) is 71.8 Å². The molecule has 0 bridgehead atoms. The molecule has 0 saturated heterocycles. The van der Waals surface area contributed by atoms with Crippen LogP contribution in [0.4, 0.5) is 0 Å². The Morgan fingerprint density at radius 3 is 2.56 bits per heavy atom. The van der Waals surface area contributed by atoms with Gasteiger partial charge in [0.15, 0.2) is 5.84 Å². The first kappa shape index (κ1) is 22.5. The summed E-state index contributed by atoms with van der Waals surface area (Å²) in [4.78, 5) is 17.3. The fourth-order valence-corrected chi connectivity index (χ4v) is 5.29. The number of aryl methyl sites for hydroxylation is 1. The molecule has 1 N–H and O–H groups in total. The van der Waals surface area contributed by atoms with Crippen molar-refractivity contribution in [2.45, 2.75) is 13.5 Å². The van der Waals surface area contributed by atoms with Crippen LogP contribution in [0, 0.1) is 12.3 Å². The highest BCUT2D eigenvalue weighted by molar-refractivity contribution is 8.27. The van der Waals surface area contributed by atoms with Crippen molar-refractivity contribution in [2.24, 2.45) is 10.1 Å². The molecule has 8 heteroatoms. The lowest BCUT2D eigenvalue weighted by Crippen LogP contribution is -2.35. The van der Waals surface area contributed by atoms with Crippen LogP contribution >= 0.6 is 23.4 Å². The Hall–Kier alpha value is -3.94. The average molecular weight is 510 g/mol. The van der Waals surface area contributed by atoms with E-state index in [0.717, 1.165) is 33.2 Å². The first-order valence-corrected chi connectivity index (χ1v) is 12.6. The van der Waals surface area contributed by atoms with Crippen molar-refractivity contribution in [1.29, 1.82) is 5.41 Å². The van der Waals surface area contributed by atoms with E-state index >= 15 is 0 Å². The van der Waals surface area contributed by atoms with E-state index < -0.39 is 5.91 Å². The molecule has 0 atom stereocenters. The van der Waals surface area contributed by atoms with Crippen LogP contribution in [-0.2, 0) is 11.3 Å². The van der Waals surface area contributed by atoms with Gasteiger partial charge in [0, 0.05) is 39.8 Å². The van der Waals surface area contributed by atoms with Crippen LogP contribution in [-0.4, -0.2) is 31.5 Å². The van der Waals surface area contributed by atoms with E-state index in [1.165, 1.54) is 16.8 Å².